The van der Waals surface area contributed by atoms with Crippen molar-refractivity contribution >= 4 is 11.8 Å². The standard InChI is InChI=1S/C22H36O4/c1-4-5-16-22(2,25)17-10-11-18-14-15-20(23)19(18)12-8-6-7-9-13-21(24)26-3/h10-11,14-15,18-19,25H,4-9,12-13,16-17H2,1-3H3/b11-10+/t18-,19+,22+/m0/s1. The summed E-state index contributed by atoms with van der Waals surface area (Å²) in [5, 5.41) is 10.3. The van der Waals surface area contributed by atoms with Crippen LogP contribution in [0.1, 0.15) is 78.1 Å². The molecule has 0 bridgehead atoms. The lowest BCUT2D eigenvalue weighted by atomic mass is 9.88. The Morgan fingerprint density at radius 1 is 1.27 bits per heavy atom. The zero-order valence-electron chi connectivity index (χ0n) is 16.7. The zero-order valence-corrected chi connectivity index (χ0v) is 16.7. The first kappa shape index (κ1) is 22.6. The zero-order chi connectivity index (χ0) is 19.4. The van der Waals surface area contributed by atoms with E-state index in [9.17, 15) is 14.7 Å². The molecule has 1 aliphatic rings. The van der Waals surface area contributed by atoms with E-state index in [4.69, 9.17) is 0 Å². The van der Waals surface area contributed by atoms with Crippen LogP contribution in [-0.2, 0) is 14.3 Å². The van der Waals surface area contributed by atoms with E-state index >= 15 is 0 Å². The minimum absolute atomic E-state index is 0.0347. The van der Waals surface area contributed by atoms with Crippen molar-refractivity contribution in [3.05, 3.63) is 24.3 Å². The van der Waals surface area contributed by atoms with Crippen LogP contribution >= 0.6 is 0 Å². The van der Waals surface area contributed by atoms with Crippen LogP contribution in [0, 0.1) is 11.8 Å². The predicted molar refractivity (Wildman–Crippen MR) is 105 cm³/mol. The second-order valence-corrected chi connectivity index (χ2v) is 7.71. The Kier molecular flexibility index (Phi) is 10.5. The summed E-state index contributed by atoms with van der Waals surface area (Å²) in [6.45, 7) is 4.01. The number of aliphatic hydroxyl groups is 1. The van der Waals surface area contributed by atoms with Crippen molar-refractivity contribution in [1.82, 2.24) is 0 Å². The van der Waals surface area contributed by atoms with E-state index in [1.165, 1.54) is 7.11 Å². The molecule has 26 heavy (non-hydrogen) atoms. The van der Waals surface area contributed by atoms with E-state index in [1.54, 1.807) is 6.08 Å². The lowest BCUT2D eigenvalue weighted by Gasteiger charge is -2.21. The van der Waals surface area contributed by atoms with Gasteiger partial charge in [0, 0.05) is 18.3 Å². The molecular formula is C22H36O4. The van der Waals surface area contributed by atoms with Crippen LogP contribution < -0.4 is 0 Å². The van der Waals surface area contributed by atoms with Gasteiger partial charge in [-0.25, -0.2) is 0 Å². The molecule has 1 N–H and O–H groups in total. The van der Waals surface area contributed by atoms with Crippen molar-refractivity contribution in [3.63, 3.8) is 0 Å². The fourth-order valence-electron chi connectivity index (χ4n) is 3.41. The van der Waals surface area contributed by atoms with Crippen molar-refractivity contribution < 1.29 is 19.4 Å². The Hall–Kier alpha value is -1.42. The number of hydrogen-bond acceptors (Lipinski definition) is 4. The molecule has 4 heteroatoms. The number of rotatable bonds is 13. The Bertz CT molecular complexity index is 490. The number of unbranched alkanes of at least 4 members (excludes halogenated alkanes) is 4. The van der Waals surface area contributed by atoms with Gasteiger partial charge in [0.2, 0.25) is 0 Å². The van der Waals surface area contributed by atoms with Crippen molar-refractivity contribution in [3.8, 4) is 0 Å². The van der Waals surface area contributed by atoms with Gasteiger partial charge in [-0.15, -0.1) is 0 Å². The molecule has 148 valence electrons. The first-order valence-corrected chi connectivity index (χ1v) is 10.1. The average molecular weight is 365 g/mol. The maximum Gasteiger partial charge on any atom is 0.305 e. The normalized spacial score (nSPS) is 22.1. The third-order valence-electron chi connectivity index (χ3n) is 5.17. The van der Waals surface area contributed by atoms with Crippen LogP contribution in [-0.4, -0.2) is 29.6 Å². The van der Waals surface area contributed by atoms with Gasteiger partial charge >= 0.3 is 5.97 Å². The second kappa shape index (κ2) is 12.1. The van der Waals surface area contributed by atoms with E-state index in [-0.39, 0.29) is 23.6 Å². The Morgan fingerprint density at radius 2 is 2.00 bits per heavy atom. The topological polar surface area (TPSA) is 63.6 Å². The summed E-state index contributed by atoms with van der Waals surface area (Å²) >= 11 is 0. The molecule has 0 spiro atoms. The molecule has 1 rings (SSSR count). The highest BCUT2D eigenvalue weighted by Gasteiger charge is 2.27. The summed E-state index contributed by atoms with van der Waals surface area (Å²) in [5.74, 6) is 0.249. The fraction of sp³-hybridized carbons (Fsp3) is 0.727. The van der Waals surface area contributed by atoms with Crippen molar-refractivity contribution in [2.45, 2.75) is 83.7 Å². The average Bonchev–Trinajstić information content (AvgIpc) is 2.96. The Balaban J connectivity index is 2.32. The van der Waals surface area contributed by atoms with Gasteiger partial charge in [0.25, 0.3) is 0 Å². The van der Waals surface area contributed by atoms with Gasteiger partial charge in [-0.2, -0.15) is 0 Å². The van der Waals surface area contributed by atoms with Crippen LogP contribution in [0.3, 0.4) is 0 Å². The van der Waals surface area contributed by atoms with E-state index in [0.717, 1.165) is 51.4 Å². The molecule has 0 aliphatic heterocycles. The highest BCUT2D eigenvalue weighted by Crippen LogP contribution is 2.29. The number of carbonyl (C=O) groups is 2. The predicted octanol–water partition coefficient (Wildman–Crippen LogP) is 4.76. The molecule has 0 aromatic heterocycles. The largest absolute Gasteiger partial charge is 0.469 e. The van der Waals surface area contributed by atoms with E-state index in [0.29, 0.717) is 12.8 Å². The summed E-state index contributed by atoms with van der Waals surface area (Å²) in [6, 6.07) is 0. The Labute approximate surface area is 158 Å². The molecule has 4 nitrogen and oxygen atoms in total. The molecule has 0 saturated carbocycles. The van der Waals surface area contributed by atoms with Crippen molar-refractivity contribution in [2.24, 2.45) is 11.8 Å². The summed E-state index contributed by atoms with van der Waals surface area (Å²) in [7, 11) is 1.41. The smallest absolute Gasteiger partial charge is 0.305 e. The number of ketones is 1. The van der Waals surface area contributed by atoms with E-state index in [1.807, 2.05) is 19.1 Å². The number of methoxy groups -OCH3 is 1. The molecule has 0 amide bonds. The molecule has 0 fully saturated rings. The molecule has 0 radical (unpaired) electrons. The second-order valence-electron chi connectivity index (χ2n) is 7.71. The quantitative estimate of drug-likeness (QED) is 0.291. The van der Waals surface area contributed by atoms with Gasteiger partial charge in [-0.1, -0.05) is 57.3 Å². The van der Waals surface area contributed by atoms with Gasteiger partial charge in [0.15, 0.2) is 5.78 Å². The summed E-state index contributed by atoms with van der Waals surface area (Å²) in [4.78, 5) is 23.2. The molecule has 0 saturated heterocycles. The summed E-state index contributed by atoms with van der Waals surface area (Å²) in [6.07, 6.45) is 16.6. The minimum atomic E-state index is -0.659. The molecule has 0 aromatic rings. The third kappa shape index (κ3) is 8.79. The highest BCUT2D eigenvalue weighted by atomic mass is 16.5. The highest BCUT2D eigenvalue weighted by molar-refractivity contribution is 5.94. The lowest BCUT2D eigenvalue weighted by molar-refractivity contribution is -0.140. The van der Waals surface area contributed by atoms with Crippen LogP contribution in [0.15, 0.2) is 24.3 Å². The minimum Gasteiger partial charge on any atom is -0.469 e. The third-order valence-corrected chi connectivity index (χ3v) is 5.17. The Morgan fingerprint density at radius 3 is 2.69 bits per heavy atom. The number of carbonyl (C=O) groups excluding carboxylic acids is 2. The van der Waals surface area contributed by atoms with Gasteiger partial charge in [-0.05, 0) is 38.7 Å². The molecule has 1 aliphatic carbocycles. The SMILES string of the molecule is CCCC[C@@](C)(O)C/C=C/[C@H]1C=CC(=O)[C@@H]1CCCCCCC(=O)OC. The van der Waals surface area contributed by atoms with Gasteiger partial charge in [-0.3, -0.25) is 9.59 Å². The van der Waals surface area contributed by atoms with Gasteiger partial charge in [0.1, 0.15) is 0 Å². The van der Waals surface area contributed by atoms with Crippen LogP contribution in [0.5, 0.6) is 0 Å². The molecule has 0 heterocycles. The molecule has 0 unspecified atom stereocenters. The first-order chi connectivity index (χ1) is 12.4. The summed E-state index contributed by atoms with van der Waals surface area (Å²) in [5.41, 5.74) is -0.659. The maximum atomic E-state index is 12.1. The fourth-order valence-corrected chi connectivity index (χ4v) is 3.41. The van der Waals surface area contributed by atoms with E-state index < -0.39 is 5.60 Å². The number of esters is 1. The first-order valence-electron chi connectivity index (χ1n) is 10.1. The van der Waals surface area contributed by atoms with Crippen LogP contribution in [0.4, 0.5) is 0 Å². The van der Waals surface area contributed by atoms with Crippen molar-refractivity contribution in [2.75, 3.05) is 7.11 Å². The monoisotopic (exact) mass is 364 g/mol. The number of hydrogen-bond donors (Lipinski definition) is 1. The molecular weight excluding hydrogens is 328 g/mol. The van der Waals surface area contributed by atoms with Crippen LogP contribution in [0.2, 0.25) is 0 Å². The maximum absolute atomic E-state index is 12.1. The van der Waals surface area contributed by atoms with Crippen LogP contribution in [0.25, 0.3) is 0 Å². The summed E-state index contributed by atoms with van der Waals surface area (Å²) < 4.78 is 4.63. The van der Waals surface area contributed by atoms with Gasteiger partial charge < -0.3 is 9.84 Å². The lowest BCUT2D eigenvalue weighted by Crippen LogP contribution is -2.22. The number of allylic oxidation sites excluding steroid dienone is 3. The number of ether oxygens (including phenoxy) is 1. The van der Waals surface area contributed by atoms with E-state index in [2.05, 4.69) is 17.7 Å². The molecule has 3 atom stereocenters. The van der Waals surface area contributed by atoms with Crippen molar-refractivity contribution in [1.29, 1.82) is 0 Å². The van der Waals surface area contributed by atoms with Gasteiger partial charge in [0.05, 0.1) is 12.7 Å². The molecule has 0 aromatic carbocycles.